The van der Waals surface area contributed by atoms with Gasteiger partial charge in [0.25, 0.3) is 5.91 Å². The van der Waals surface area contributed by atoms with Gasteiger partial charge in [0.2, 0.25) is 0 Å². The monoisotopic (exact) mass is 141 g/mol. The van der Waals surface area contributed by atoms with Gasteiger partial charge in [0.1, 0.15) is 0 Å². The fourth-order valence-electron chi connectivity index (χ4n) is 0.865. The van der Waals surface area contributed by atoms with Crippen molar-refractivity contribution < 1.29 is 10.0 Å². The molecule has 0 atom stereocenters. The van der Waals surface area contributed by atoms with E-state index in [0.29, 0.717) is 0 Å². The average molecular weight is 141 g/mol. The number of amides is 1. The molecule has 3 heteroatoms. The largest absolute Gasteiger partial charge is 0.285 e. The zero-order valence-electron chi connectivity index (χ0n) is 6.38. The van der Waals surface area contributed by atoms with Gasteiger partial charge < -0.3 is 0 Å². The van der Waals surface area contributed by atoms with Gasteiger partial charge in [-0.15, -0.1) is 0 Å². The number of rotatable bonds is 0. The molecule has 0 aromatic heterocycles. The molecule has 1 aliphatic heterocycles. The van der Waals surface area contributed by atoms with Crippen molar-refractivity contribution in [2.75, 3.05) is 0 Å². The molecule has 1 rings (SSSR count). The van der Waals surface area contributed by atoms with Gasteiger partial charge in [0.05, 0.1) is 5.54 Å². The Kier molecular flexibility index (Phi) is 1.33. The molecule has 1 aliphatic rings. The molecule has 1 heterocycles. The smallest absolute Gasteiger partial charge is 0.270 e. The maximum atomic E-state index is 10.8. The normalized spacial score (nSPS) is 23.4. The van der Waals surface area contributed by atoms with Crippen molar-refractivity contribution in [1.29, 1.82) is 0 Å². The second-order valence-electron chi connectivity index (χ2n) is 3.04. The summed E-state index contributed by atoms with van der Waals surface area (Å²) >= 11 is 0. The molecule has 10 heavy (non-hydrogen) atoms. The Bertz CT molecular complexity index is 206. The molecule has 56 valence electrons. The first-order valence-electron chi connectivity index (χ1n) is 3.18. The summed E-state index contributed by atoms with van der Waals surface area (Å²) in [6, 6.07) is 0. The van der Waals surface area contributed by atoms with Crippen LogP contribution >= 0.6 is 0 Å². The van der Waals surface area contributed by atoms with Gasteiger partial charge in [-0.2, -0.15) is 0 Å². The molecule has 0 spiro atoms. The highest BCUT2D eigenvalue weighted by molar-refractivity contribution is 5.91. The number of hydrogen-bond donors (Lipinski definition) is 1. The lowest BCUT2D eigenvalue weighted by molar-refractivity contribution is -0.173. The molecule has 0 saturated heterocycles. The third kappa shape index (κ3) is 0.743. The van der Waals surface area contributed by atoms with Crippen molar-refractivity contribution in [3.8, 4) is 0 Å². The Balaban J connectivity index is 3.00. The first-order valence-corrected chi connectivity index (χ1v) is 3.18. The minimum atomic E-state index is -0.517. The first kappa shape index (κ1) is 7.28. The molecule has 0 aromatic carbocycles. The SMILES string of the molecule is CC1=CC(=O)N(O)C1(C)C. The molecule has 0 bridgehead atoms. The van der Waals surface area contributed by atoms with E-state index >= 15 is 0 Å². The zero-order chi connectivity index (χ0) is 7.94. The summed E-state index contributed by atoms with van der Waals surface area (Å²) in [5.41, 5.74) is 0.372. The lowest BCUT2D eigenvalue weighted by Crippen LogP contribution is -2.40. The predicted octanol–water partition coefficient (Wildman–Crippen LogP) is 0.943. The second-order valence-corrected chi connectivity index (χ2v) is 3.04. The van der Waals surface area contributed by atoms with E-state index < -0.39 is 5.54 Å². The average Bonchev–Trinajstić information content (AvgIpc) is 1.97. The van der Waals surface area contributed by atoms with Gasteiger partial charge in [-0.3, -0.25) is 10.0 Å². The second kappa shape index (κ2) is 1.83. The third-order valence-electron chi connectivity index (χ3n) is 2.04. The Hall–Kier alpha value is -0.830. The van der Waals surface area contributed by atoms with Crippen LogP contribution in [0.3, 0.4) is 0 Å². The van der Waals surface area contributed by atoms with Crippen LogP contribution in [0.1, 0.15) is 20.8 Å². The van der Waals surface area contributed by atoms with E-state index in [1.165, 1.54) is 6.08 Å². The van der Waals surface area contributed by atoms with Gasteiger partial charge in [-0.1, -0.05) is 0 Å². The van der Waals surface area contributed by atoms with Crippen molar-refractivity contribution in [3.05, 3.63) is 11.6 Å². The molecule has 0 aliphatic carbocycles. The van der Waals surface area contributed by atoms with Gasteiger partial charge in [-0.25, -0.2) is 5.06 Å². The third-order valence-corrected chi connectivity index (χ3v) is 2.04. The predicted molar refractivity (Wildman–Crippen MR) is 36.5 cm³/mol. The highest BCUT2D eigenvalue weighted by atomic mass is 16.5. The zero-order valence-corrected chi connectivity index (χ0v) is 6.38. The van der Waals surface area contributed by atoms with Crippen LogP contribution in [0.4, 0.5) is 0 Å². The molecule has 0 fully saturated rings. The number of nitrogens with zero attached hydrogens (tertiary/aromatic N) is 1. The van der Waals surface area contributed by atoms with Gasteiger partial charge in [0.15, 0.2) is 0 Å². The van der Waals surface area contributed by atoms with E-state index in [4.69, 9.17) is 5.21 Å². The number of carbonyl (C=O) groups excluding carboxylic acids is 1. The molecule has 0 radical (unpaired) electrons. The van der Waals surface area contributed by atoms with Crippen LogP contribution in [0.25, 0.3) is 0 Å². The van der Waals surface area contributed by atoms with E-state index in [9.17, 15) is 4.79 Å². The summed E-state index contributed by atoms with van der Waals surface area (Å²) in [5.74, 6) is -0.331. The first-order chi connectivity index (χ1) is 4.46. The Labute approximate surface area is 59.9 Å². The van der Waals surface area contributed by atoms with Crippen molar-refractivity contribution >= 4 is 5.91 Å². The summed E-state index contributed by atoms with van der Waals surface area (Å²) in [6.45, 7) is 5.42. The number of hydroxylamine groups is 2. The number of carbonyl (C=O) groups is 1. The van der Waals surface area contributed by atoms with E-state index in [1.807, 2.05) is 6.92 Å². The lowest BCUT2D eigenvalue weighted by atomic mass is 9.99. The molecule has 1 N–H and O–H groups in total. The van der Waals surface area contributed by atoms with Crippen molar-refractivity contribution in [2.45, 2.75) is 26.3 Å². The van der Waals surface area contributed by atoms with Gasteiger partial charge >= 0.3 is 0 Å². The van der Waals surface area contributed by atoms with Crippen LogP contribution in [0.15, 0.2) is 11.6 Å². The fourth-order valence-corrected chi connectivity index (χ4v) is 0.865. The van der Waals surface area contributed by atoms with Crippen molar-refractivity contribution in [3.63, 3.8) is 0 Å². The van der Waals surface area contributed by atoms with Crippen LogP contribution in [0.2, 0.25) is 0 Å². The summed E-state index contributed by atoms with van der Waals surface area (Å²) in [4.78, 5) is 10.8. The maximum absolute atomic E-state index is 10.8. The van der Waals surface area contributed by atoms with Crippen LogP contribution in [0, 0.1) is 0 Å². The summed E-state index contributed by atoms with van der Waals surface area (Å²) in [5, 5.41) is 9.88. The molecule has 0 saturated carbocycles. The molecule has 0 aromatic rings. The minimum Gasteiger partial charge on any atom is -0.285 e. The highest BCUT2D eigenvalue weighted by Gasteiger charge is 2.36. The molecule has 0 unspecified atom stereocenters. The van der Waals surface area contributed by atoms with E-state index in [1.54, 1.807) is 13.8 Å². The molecule has 1 amide bonds. The quantitative estimate of drug-likeness (QED) is 0.510. The van der Waals surface area contributed by atoms with Crippen molar-refractivity contribution in [2.24, 2.45) is 0 Å². The molecular formula is C7H11NO2. The Morgan fingerprint density at radius 1 is 1.60 bits per heavy atom. The molecular weight excluding hydrogens is 130 g/mol. The number of hydrogen-bond acceptors (Lipinski definition) is 2. The van der Waals surface area contributed by atoms with Crippen LogP contribution < -0.4 is 0 Å². The topological polar surface area (TPSA) is 40.5 Å². The Morgan fingerprint density at radius 3 is 2.20 bits per heavy atom. The van der Waals surface area contributed by atoms with Crippen molar-refractivity contribution in [1.82, 2.24) is 5.06 Å². The highest BCUT2D eigenvalue weighted by Crippen LogP contribution is 2.27. The van der Waals surface area contributed by atoms with E-state index in [0.717, 1.165) is 10.6 Å². The fraction of sp³-hybridized carbons (Fsp3) is 0.571. The molecule has 3 nitrogen and oxygen atoms in total. The van der Waals surface area contributed by atoms with Gasteiger partial charge in [-0.05, 0) is 26.3 Å². The minimum absolute atomic E-state index is 0.331. The summed E-state index contributed by atoms with van der Waals surface area (Å²) in [7, 11) is 0. The van der Waals surface area contributed by atoms with E-state index in [2.05, 4.69) is 0 Å². The maximum Gasteiger partial charge on any atom is 0.270 e. The Morgan fingerprint density at radius 2 is 2.10 bits per heavy atom. The standard InChI is InChI=1S/C7H11NO2/c1-5-4-6(9)8(10)7(5,2)3/h4,10H,1-3H3. The van der Waals surface area contributed by atoms with Crippen LogP contribution in [-0.2, 0) is 4.79 Å². The summed E-state index contributed by atoms with van der Waals surface area (Å²) in [6.07, 6.45) is 1.44. The van der Waals surface area contributed by atoms with Gasteiger partial charge in [0, 0.05) is 6.08 Å². The van der Waals surface area contributed by atoms with E-state index in [-0.39, 0.29) is 5.91 Å². The van der Waals surface area contributed by atoms with Crippen LogP contribution in [-0.4, -0.2) is 21.7 Å². The summed E-state index contributed by atoms with van der Waals surface area (Å²) < 4.78 is 0. The lowest BCUT2D eigenvalue weighted by Gasteiger charge is -2.27. The van der Waals surface area contributed by atoms with Crippen LogP contribution in [0.5, 0.6) is 0 Å².